The number of hydrogen-bond acceptors (Lipinski definition) is 3. The standard InChI is InChI=1S/C11H6F3NOS/c12-9-6(3-7(15)10(13)11(9)14)8-2-1-5(4-16)17-8/h1-4H,15H2. The van der Waals surface area contributed by atoms with Gasteiger partial charge in [0.25, 0.3) is 0 Å². The van der Waals surface area contributed by atoms with Crippen LogP contribution in [0.1, 0.15) is 9.67 Å². The maximum atomic E-state index is 13.5. The molecule has 0 spiro atoms. The molecule has 0 fully saturated rings. The van der Waals surface area contributed by atoms with Crippen LogP contribution in [0.15, 0.2) is 18.2 Å². The van der Waals surface area contributed by atoms with Gasteiger partial charge in [-0.1, -0.05) is 0 Å². The number of anilines is 1. The Hall–Kier alpha value is -1.82. The number of carbonyl (C=O) groups is 1. The third kappa shape index (κ3) is 1.91. The van der Waals surface area contributed by atoms with Crippen LogP contribution in [-0.2, 0) is 0 Å². The molecule has 17 heavy (non-hydrogen) atoms. The fourth-order valence-electron chi connectivity index (χ4n) is 1.36. The summed E-state index contributed by atoms with van der Waals surface area (Å²) >= 11 is 0.971. The number of nitrogens with two attached hydrogens (primary N) is 1. The predicted octanol–water partition coefficient (Wildman–Crippen LogP) is 3.23. The monoisotopic (exact) mass is 257 g/mol. The van der Waals surface area contributed by atoms with Crippen LogP contribution in [0.4, 0.5) is 18.9 Å². The van der Waals surface area contributed by atoms with Gasteiger partial charge in [0, 0.05) is 10.4 Å². The fraction of sp³-hybridized carbons (Fsp3) is 0. The van der Waals surface area contributed by atoms with E-state index in [0.717, 1.165) is 17.4 Å². The van der Waals surface area contributed by atoms with Gasteiger partial charge in [0.15, 0.2) is 23.7 Å². The molecule has 0 aliphatic rings. The van der Waals surface area contributed by atoms with E-state index in [9.17, 15) is 18.0 Å². The van der Waals surface area contributed by atoms with Crippen molar-refractivity contribution in [2.75, 3.05) is 5.73 Å². The van der Waals surface area contributed by atoms with Crippen molar-refractivity contribution >= 4 is 23.3 Å². The largest absolute Gasteiger partial charge is 0.396 e. The van der Waals surface area contributed by atoms with Gasteiger partial charge >= 0.3 is 0 Å². The van der Waals surface area contributed by atoms with Crippen molar-refractivity contribution < 1.29 is 18.0 Å². The molecule has 0 amide bonds. The second-order valence-electron chi connectivity index (χ2n) is 3.28. The average molecular weight is 257 g/mol. The molecular formula is C11H6F3NOS. The molecule has 0 aliphatic carbocycles. The van der Waals surface area contributed by atoms with Gasteiger partial charge in [-0.3, -0.25) is 4.79 Å². The lowest BCUT2D eigenvalue weighted by Crippen LogP contribution is -1.99. The number of carbonyl (C=O) groups excluding carboxylic acids is 1. The van der Waals surface area contributed by atoms with Crippen LogP contribution in [0.5, 0.6) is 0 Å². The Bertz CT molecular complexity index is 595. The summed E-state index contributed by atoms with van der Waals surface area (Å²) in [5.74, 6) is -4.32. The maximum absolute atomic E-state index is 13.5. The van der Waals surface area contributed by atoms with E-state index in [1.807, 2.05) is 0 Å². The second-order valence-corrected chi connectivity index (χ2v) is 4.39. The van der Waals surface area contributed by atoms with Gasteiger partial charge in [-0.25, -0.2) is 13.2 Å². The number of nitrogen functional groups attached to an aromatic ring is 1. The van der Waals surface area contributed by atoms with Gasteiger partial charge in [-0.05, 0) is 18.2 Å². The first kappa shape index (κ1) is 11.7. The molecule has 2 aromatic rings. The van der Waals surface area contributed by atoms with Crippen molar-refractivity contribution in [1.29, 1.82) is 0 Å². The summed E-state index contributed by atoms with van der Waals surface area (Å²) in [6.07, 6.45) is 0.593. The normalized spacial score (nSPS) is 10.5. The van der Waals surface area contributed by atoms with E-state index in [0.29, 0.717) is 16.0 Å². The zero-order chi connectivity index (χ0) is 12.6. The molecule has 0 unspecified atom stereocenters. The number of halogens is 3. The summed E-state index contributed by atoms with van der Waals surface area (Å²) in [6.45, 7) is 0. The smallest absolute Gasteiger partial charge is 0.197 e. The third-order valence-corrected chi connectivity index (χ3v) is 3.23. The summed E-state index contributed by atoms with van der Waals surface area (Å²) in [5.41, 5.74) is 4.59. The van der Waals surface area contributed by atoms with Crippen LogP contribution in [0, 0.1) is 17.5 Å². The van der Waals surface area contributed by atoms with E-state index >= 15 is 0 Å². The lowest BCUT2D eigenvalue weighted by atomic mass is 10.1. The molecule has 0 saturated carbocycles. The fourth-order valence-corrected chi connectivity index (χ4v) is 2.20. The first-order chi connectivity index (χ1) is 8.04. The summed E-state index contributed by atoms with van der Waals surface area (Å²) in [7, 11) is 0. The summed E-state index contributed by atoms with van der Waals surface area (Å²) in [4.78, 5) is 11.2. The van der Waals surface area contributed by atoms with E-state index in [-0.39, 0.29) is 5.56 Å². The number of benzene rings is 1. The highest BCUT2D eigenvalue weighted by molar-refractivity contribution is 7.17. The van der Waals surface area contributed by atoms with Crippen molar-refractivity contribution in [3.8, 4) is 10.4 Å². The number of aldehydes is 1. The number of thiophene rings is 1. The van der Waals surface area contributed by atoms with Gasteiger partial charge in [0.2, 0.25) is 0 Å². The molecule has 0 atom stereocenters. The molecule has 88 valence electrons. The van der Waals surface area contributed by atoms with E-state index in [1.165, 1.54) is 12.1 Å². The average Bonchev–Trinajstić information content (AvgIpc) is 2.79. The Morgan fingerprint density at radius 3 is 2.41 bits per heavy atom. The topological polar surface area (TPSA) is 43.1 Å². The minimum atomic E-state index is -1.61. The second kappa shape index (κ2) is 4.21. The van der Waals surface area contributed by atoms with Crippen molar-refractivity contribution in [2.24, 2.45) is 0 Å². The Morgan fingerprint density at radius 2 is 1.82 bits per heavy atom. The predicted molar refractivity (Wildman–Crippen MR) is 59.4 cm³/mol. The molecule has 0 radical (unpaired) electrons. The van der Waals surface area contributed by atoms with Crippen LogP contribution in [0.2, 0.25) is 0 Å². The van der Waals surface area contributed by atoms with E-state index in [4.69, 9.17) is 5.73 Å². The Labute approximate surface area is 98.5 Å². The highest BCUT2D eigenvalue weighted by Gasteiger charge is 2.19. The Kier molecular flexibility index (Phi) is 2.89. The molecular weight excluding hydrogens is 251 g/mol. The summed E-state index contributed by atoms with van der Waals surface area (Å²) in [6, 6.07) is 3.92. The van der Waals surface area contributed by atoms with Crippen LogP contribution >= 0.6 is 11.3 Å². The third-order valence-electron chi connectivity index (χ3n) is 2.18. The van der Waals surface area contributed by atoms with Crippen molar-refractivity contribution in [3.05, 3.63) is 40.5 Å². The number of rotatable bonds is 2. The molecule has 1 heterocycles. The van der Waals surface area contributed by atoms with Gasteiger partial charge < -0.3 is 5.73 Å². The molecule has 2 nitrogen and oxygen atoms in total. The first-order valence-electron chi connectivity index (χ1n) is 4.53. The maximum Gasteiger partial charge on any atom is 0.197 e. The zero-order valence-corrected chi connectivity index (χ0v) is 9.15. The highest BCUT2D eigenvalue weighted by Crippen LogP contribution is 2.33. The lowest BCUT2D eigenvalue weighted by molar-refractivity contribution is 0.112. The van der Waals surface area contributed by atoms with E-state index in [1.54, 1.807) is 0 Å². The Balaban J connectivity index is 2.63. The van der Waals surface area contributed by atoms with Crippen LogP contribution in [0.25, 0.3) is 10.4 Å². The van der Waals surface area contributed by atoms with E-state index < -0.39 is 23.1 Å². The molecule has 0 bridgehead atoms. The quantitative estimate of drug-likeness (QED) is 0.510. The van der Waals surface area contributed by atoms with Crippen LogP contribution in [-0.4, -0.2) is 6.29 Å². The van der Waals surface area contributed by atoms with Crippen molar-refractivity contribution in [1.82, 2.24) is 0 Å². The molecule has 1 aromatic carbocycles. The molecule has 2 rings (SSSR count). The highest BCUT2D eigenvalue weighted by atomic mass is 32.1. The zero-order valence-electron chi connectivity index (χ0n) is 8.34. The van der Waals surface area contributed by atoms with Crippen molar-refractivity contribution in [3.63, 3.8) is 0 Å². The Morgan fingerprint density at radius 1 is 1.12 bits per heavy atom. The van der Waals surface area contributed by atoms with Crippen molar-refractivity contribution in [2.45, 2.75) is 0 Å². The van der Waals surface area contributed by atoms with Crippen LogP contribution < -0.4 is 5.73 Å². The van der Waals surface area contributed by atoms with E-state index in [2.05, 4.69) is 0 Å². The molecule has 6 heteroatoms. The SMILES string of the molecule is Nc1cc(-c2ccc(C=O)s2)c(F)c(F)c1F. The number of hydrogen-bond donors (Lipinski definition) is 1. The van der Waals surface area contributed by atoms with Gasteiger partial charge in [-0.15, -0.1) is 11.3 Å². The minimum absolute atomic E-state index is 0.153. The molecule has 0 aliphatic heterocycles. The first-order valence-corrected chi connectivity index (χ1v) is 5.34. The summed E-state index contributed by atoms with van der Waals surface area (Å²) in [5, 5.41) is 0. The van der Waals surface area contributed by atoms with Gasteiger partial charge in [0.1, 0.15) is 0 Å². The lowest BCUT2D eigenvalue weighted by Gasteiger charge is -2.05. The molecule has 2 N–H and O–H groups in total. The van der Waals surface area contributed by atoms with Crippen LogP contribution in [0.3, 0.4) is 0 Å². The molecule has 0 saturated heterocycles. The molecule has 1 aromatic heterocycles. The van der Waals surface area contributed by atoms with Gasteiger partial charge in [-0.2, -0.15) is 0 Å². The summed E-state index contributed by atoms with van der Waals surface area (Å²) < 4.78 is 39.6. The van der Waals surface area contributed by atoms with Gasteiger partial charge in [0.05, 0.1) is 10.6 Å². The minimum Gasteiger partial charge on any atom is -0.396 e.